The molecule has 0 bridgehead atoms. The fourth-order valence-electron chi connectivity index (χ4n) is 4.74. The van der Waals surface area contributed by atoms with Gasteiger partial charge in [-0.25, -0.2) is 22.6 Å². The number of benzene rings is 2. The number of sulfonamides is 1. The summed E-state index contributed by atoms with van der Waals surface area (Å²) < 4.78 is 39.5. The average molecular weight is 441 g/mol. The lowest BCUT2D eigenvalue weighted by atomic mass is 9.93. The van der Waals surface area contributed by atoms with Gasteiger partial charge in [0.15, 0.2) is 0 Å². The molecule has 9 heteroatoms. The molecule has 1 amide bonds. The monoisotopic (exact) mass is 440 g/mol. The predicted octanol–water partition coefficient (Wildman–Crippen LogP) is 2.52. The molecular formula is C22H21FN4O3S. The van der Waals surface area contributed by atoms with Gasteiger partial charge in [-0.1, -0.05) is 13.0 Å². The number of hydrogen-bond acceptors (Lipinski definition) is 4. The Bertz CT molecular complexity index is 1300. The molecule has 2 unspecified atom stereocenters. The van der Waals surface area contributed by atoms with Crippen LogP contribution >= 0.6 is 0 Å². The molecule has 3 aromatic rings. The number of carbonyl (C=O) groups excluding carboxylic acids is 1. The zero-order valence-electron chi connectivity index (χ0n) is 16.8. The fraction of sp³-hybridized carbons (Fsp3) is 0.273. The Balaban J connectivity index is 1.46. The summed E-state index contributed by atoms with van der Waals surface area (Å²) in [5.41, 5.74) is 4.20. The molecule has 2 N–H and O–H groups in total. The highest BCUT2D eigenvalue weighted by Crippen LogP contribution is 2.42. The molecule has 0 radical (unpaired) electrons. The maximum Gasteiger partial charge on any atom is 0.241 e. The van der Waals surface area contributed by atoms with Crippen LogP contribution in [-0.2, 0) is 27.7 Å². The van der Waals surface area contributed by atoms with Crippen molar-refractivity contribution >= 4 is 21.6 Å². The van der Waals surface area contributed by atoms with Gasteiger partial charge < -0.3 is 4.90 Å². The molecule has 5 rings (SSSR count). The van der Waals surface area contributed by atoms with Gasteiger partial charge in [-0.05, 0) is 65.8 Å². The number of carbonyl (C=O) groups is 1. The highest BCUT2D eigenvalue weighted by molar-refractivity contribution is 7.89. The van der Waals surface area contributed by atoms with E-state index in [0.717, 1.165) is 16.8 Å². The van der Waals surface area contributed by atoms with Crippen LogP contribution in [0.5, 0.6) is 0 Å². The van der Waals surface area contributed by atoms with E-state index >= 15 is 0 Å². The van der Waals surface area contributed by atoms with Crippen molar-refractivity contribution in [1.82, 2.24) is 9.78 Å². The van der Waals surface area contributed by atoms with Crippen molar-refractivity contribution in [3.8, 4) is 5.69 Å². The molecule has 1 aliphatic heterocycles. The molecule has 1 aliphatic carbocycles. The number of hydrogen-bond donors (Lipinski definition) is 1. The Morgan fingerprint density at radius 1 is 1.23 bits per heavy atom. The van der Waals surface area contributed by atoms with E-state index in [0.29, 0.717) is 30.6 Å². The largest absolute Gasteiger partial charge is 0.312 e. The topological polar surface area (TPSA) is 98.3 Å². The van der Waals surface area contributed by atoms with Gasteiger partial charge in [-0.2, -0.15) is 5.10 Å². The van der Waals surface area contributed by atoms with Gasteiger partial charge in [-0.15, -0.1) is 0 Å². The summed E-state index contributed by atoms with van der Waals surface area (Å²) in [6.07, 6.45) is 4.64. The first-order chi connectivity index (χ1) is 14.7. The molecule has 1 aromatic heterocycles. The Kier molecular flexibility index (Phi) is 4.49. The van der Waals surface area contributed by atoms with Gasteiger partial charge in [0, 0.05) is 30.5 Å². The lowest BCUT2D eigenvalue weighted by Gasteiger charge is -2.24. The number of aromatic nitrogens is 2. The third-order valence-corrected chi connectivity index (χ3v) is 7.27. The van der Waals surface area contributed by atoms with E-state index in [1.165, 1.54) is 12.1 Å². The average Bonchev–Trinajstić information content (AvgIpc) is 3.45. The van der Waals surface area contributed by atoms with Crippen LogP contribution in [0.4, 0.5) is 10.1 Å². The lowest BCUT2D eigenvalue weighted by Crippen LogP contribution is -2.36. The van der Waals surface area contributed by atoms with Gasteiger partial charge in [0.2, 0.25) is 15.9 Å². The molecule has 0 spiro atoms. The highest BCUT2D eigenvalue weighted by Gasteiger charge is 2.39. The first-order valence-corrected chi connectivity index (χ1v) is 11.6. The molecule has 2 aliphatic rings. The lowest BCUT2D eigenvalue weighted by molar-refractivity contribution is -0.122. The van der Waals surface area contributed by atoms with Crippen molar-refractivity contribution in [2.24, 2.45) is 11.1 Å². The number of amides is 1. The van der Waals surface area contributed by atoms with E-state index in [4.69, 9.17) is 5.14 Å². The van der Waals surface area contributed by atoms with Crippen LogP contribution in [0, 0.1) is 11.7 Å². The van der Waals surface area contributed by atoms with Crippen LogP contribution in [0.1, 0.15) is 29.5 Å². The Labute approximate surface area is 179 Å². The number of nitrogens with two attached hydrogens (primary N) is 1. The van der Waals surface area contributed by atoms with Crippen molar-refractivity contribution in [2.45, 2.75) is 30.6 Å². The summed E-state index contributed by atoms with van der Waals surface area (Å²) in [4.78, 5) is 14.5. The standard InChI is InChI=1S/C22H21FN4O3S/c1-13-17-4-3-16(27-7-2-6-25-27)9-15(17)10-18(13)22(28)26-8-5-14-11-19(23)21(12-20(14)26)31(24,29)30/h2-4,6-7,9,11-13,18H,5,8,10H2,1H3,(H2,24,29,30). The van der Waals surface area contributed by atoms with Crippen molar-refractivity contribution in [3.05, 3.63) is 71.3 Å². The minimum atomic E-state index is -4.23. The molecule has 160 valence electrons. The smallest absolute Gasteiger partial charge is 0.241 e. The number of fused-ring (bicyclic) bond motifs is 2. The molecule has 0 fully saturated rings. The van der Waals surface area contributed by atoms with E-state index in [1.807, 2.05) is 31.3 Å². The fourth-order valence-corrected chi connectivity index (χ4v) is 5.35. The summed E-state index contributed by atoms with van der Waals surface area (Å²) in [6, 6.07) is 10.3. The normalized spacial score (nSPS) is 20.0. The minimum absolute atomic E-state index is 0.0105. The number of rotatable bonds is 3. The number of nitrogens with zero attached hydrogens (tertiary/aromatic N) is 3. The van der Waals surface area contributed by atoms with E-state index in [2.05, 4.69) is 11.2 Å². The molecule has 0 saturated carbocycles. The summed E-state index contributed by atoms with van der Waals surface area (Å²) >= 11 is 0. The van der Waals surface area contributed by atoms with Crippen molar-refractivity contribution in [3.63, 3.8) is 0 Å². The summed E-state index contributed by atoms with van der Waals surface area (Å²) in [5, 5.41) is 9.41. The third kappa shape index (κ3) is 3.24. The second-order valence-electron chi connectivity index (χ2n) is 8.13. The molecule has 2 atom stereocenters. The van der Waals surface area contributed by atoms with Gasteiger partial charge in [0.25, 0.3) is 0 Å². The van der Waals surface area contributed by atoms with Gasteiger partial charge in [-0.3, -0.25) is 4.79 Å². The van der Waals surface area contributed by atoms with Crippen LogP contribution in [0.3, 0.4) is 0 Å². The Morgan fingerprint density at radius 3 is 2.74 bits per heavy atom. The van der Waals surface area contributed by atoms with Crippen LogP contribution in [0.25, 0.3) is 5.69 Å². The number of anilines is 1. The first-order valence-electron chi connectivity index (χ1n) is 10.0. The van der Waals surface area contributed by atoms with Gasteiger partial charge in [0.1, 0.15) is 10.7 Å². The second kappa shape index (κ2) is 7.00. The van der Waals surface area contributed by atoms with E-state index in [9.17, 15) is 17.6 Å². The van der Waals surface area contributed by atoms with Gasteiger partial charge >= 0.3 is 0 Å². The van der Waals surface area contributed by atoms with Crippen LogP contribution in [0.15, 0.2) is 53.7 Å². The zero-order chi connectivity index (χ0) is 21.9. The number of halogens is 1. The van der Waals surface area contributed by atoms with E-state index in [-0.39, 0.29) is 17.7 Å². The Morgan fingerprint density at radius 2 is 2.03 bits per heavy atom. The van der Waals surface area contributed by atoms with Crippen molar-refractivity contribution in [2.75, 3.05) is 11.4 Å². The van der Waals surface area contributed by atoms with Crippen molar-refractivity contribution < 1.29 is 17.6 Å². The molecule has 7 nitrogen and oxygen atoms in total. The van der Waals surface area contributed by atoms with Crippen LogP contribution < -0.4 is 10.0 Å². The second-order valence-corrected chi connectivity index (χ2v) is 9.66. The minimum Gasteiger partial charge on any atom is -0.312 e. The van der Waals surface area contributed by atoms with Crippen LogP contribution in [-0.4, -0.2) is 30.7 Å². The third-order valence-electron chi connectivity index (χ3n) is 6.35. The molecular weight excluding hydrogens is 419 g/mol. The summed E-state index contributed by atoms with van der Waals surface area (Å²) in [7, 11) is -4.23. The summed E-state index contributed by atoms with van der Waals surface area (Å²) in [5.74, 6) is -1.24. The molecule has 0 saturated heterocycles. The maximum absolute atomic E-state index is 14.2. The Hall–Kier alpha value is -3.04. The SMILES string of the molecule is CC1c2ccc(-n3cccn3)cc2CC1C(=O)N1CCc2cc(F)c(S(N)(=O)=O)cc21. The molecule has 2 aromatic carbocycles. The van der Waals surface area contributed by atoms with Crippen LogP contribution in [0.2, 0.25) is 0 Å². The van der Waals surface area contributed by atoms with E-state index in [1.54, 1.807) is 15.8 Å². The zero-order valence-corrected chi connectivity index (χ0v) is 17.6. The highest BCUT2D eigenvalue weighted by atomic mass is 32.2. The quantitative estimate of drug-likeness (QED) is 0.677. The van der Waals surface area contributed by atoms with Gasteiger partial charge in [0.05, 0.1) is 5.69 Å². The molecule has 2 heterocycles. The maximum atomic E-state index is 14.2. The number of primary sulfonamides is 1. The summed E-state index contributed by atoms with van der Waals surface area (Å²) in [6.45, 7) is 2.42. The van der Waals surface area contributed by atoms with E-state index < -0.39 is 20.7 Å². The predicted molar refractivity (Wildman–Crippen MR) is 113 cm³/mol. The van der Waals surface area contributed by atoms with Crippen molar-refractivity contribution in [1.29, 1.82) is 0 Å². The molecule has 31 heavy (non-hydrogen) atoms. The first kappa shape index (κ1) is 19.9.